The van der Waals surface area contributed by atoms with E-state index in [0.717, 1.165) is 77.7 Å². The number of aromatic nitrogens is 5. The molecule has 1 aliphatic carbocycles. The Morgan fingerprint density at radius 3 is 2.00 bits per heavy atom. The predicted molar refractivity (Wildman–Crippen MR) is 500 cm³/mol. The number of aliphatic carboxylic acids is 5. The number of esters is 1. The Morgan fingerprint density at radius 1 is 0.703 bits per heavy atom. The maximum atomic E-state index is 15.5. The molecule has 1 saturated carbocycles. The molecule has 48 heteroatoms. The number of carboxylic acids is 5. The number of rotatable bonds is 39. The lowest BCUT2D eigenvalue weighted by atomic mass is 9.47. The van der Waals surface area contributed by atoms with E-state index >= 15 is 9.59 Å². The zero-order chi connectivity index (χ0) is 100. The van der Waals surface area contributed by atoms with Gasteiger partial charge in [-0.15, -0.1) is 0 Å². The van der Waals surface area contributed by atoms with Gasteiger partial charge in [0.1, 0.15) is 54.1 Å². The number of aliphatic hydroxyl groups excluding tert-OH is 1. The number of nitrogens with one attached hydrogen (secondary N) is 11. The van der Waals surface area contributed by atoms with E-state index in [1.54, 1.807) is 24.1 Å². The lowest BCUT2D eigenvalue weighted by Gasteiger charge is -2.63. The van der Waals surface area contributed by atoms with E-state index in [2.05, 4.69) is 88.9 Å². The Bertz CT molecular complexity index is 5690. The second-order valence-electron chi connectivity index (χ2n) is 35.5. The number of nitrogens with two attached hydrogens (primary N) is 1. The van der Waals surface area contributed by atoms with Crippen LogP contribution < -0.4 is 69.0 Å². The van der Waals surface area contributed by atoms with Crippen LogP contribution in [0, 0.1) is 11.3 Å². The SMILES string of the molecule is CCN1CCN(CCNC(=O)C[C@H](NC(=O)CC[C@H](NC(=O)c2ccc(NCc3cnc4nc(N)[nH]c(=O)c4n3)cc2)C(=O)O)C(=O)O)CC1.CC[C@]1(O)CC2CN(CCc3c([nH]c4ccccc34)[C@@](C(=O)OC)(c3cc4c(cc3OC)N(C)C3C45CCN4CC=C[C@](CC)(C45)[C@@H](O)[C@]3(O)C(=O)NNC(=O)OCCSSC[C@H](NC(=O)C[C@H](NC(=O)C[C@H](NC(C)=O)C(=O)O)C(=O)O)C(=O)O)C2)C1. The molecule has 3 aromatic carbocycles. The second kappa shape index (κ2) is 44.7. The molecular weight excluding hydrogens is 1840 g/mol. The Hall–Kier alpha value is -12.8. The van der Waals surface area contributed by atoms with E-state index in [0.29, 0.717) is 111 Å². The molecule has 15 atom stereocenters. The third kappa shape index (κ3) is 22.8. The number of hydrogen-bond donors (Lipinski definition) is 20. The summed E-state index contributed by atoms with van der Waals surface area (Å²) in [7, 11) is 6.62. The average Bonchev–Trinajstić information content (AvgIpc) is 1.48. The number of fused-ring (bicyclic) bond motifs is 7. The molecule has 3 aromatic heterocycles. The zero-order valence-electron chi connectivity index (χ0n) is 77.2. The maximum absolute atomic E-state index is 15.5. The number of piperazine rings is 1. The van der Waals surface area contributed by atoms with Gasteiger partial charge in [0.05, 0.1) is 63.6 Å². The number of anilines is 3. The summed E-state index contributed by atoms with van der Waals surface area (Å²) < 4.78 is 17.6. The highest BCUT2D eigenvalue weighted by atomic mass is 33.1. The van der Waals surface area contributed by atoms with Crippen molar-refractivity contribution in [1.29, 1.82) is 0 Å². The standard InChI is InChI=1S/C59H77N9O18S2.C31H41N11O8/c1-7-55(82)26-32-27-58(53(80)85-6,45-34(14-18-67(28-32)30-55)33-12-9-10-13-37(33)63-45)36-22-35-41(25-42(36)84-5)66(4)50-57(35)16-19-68-17-11-15-56(8-2,49(57)68)51(78)59(50,83)52(79)64-65-54(81)86-20-21-87-88-29-40(48(76)77)62-44(71)24-39(47(74)75)61-43(70)23-38(46(72)73)60-31(3)69;1-2-41-11-13-42(14-12-41)10-9-33-24(44)15-22(30(49)50)37-23(43)8-7-21(29(47)48)38-27(45)18-3-5-19(6-4-18)34-16-20-17-35-26-25(36-20)28(46)40-31(32)39-26/h9-13,15,22,25,32,38-40,49-51,63,78,82-83H,7-8,14,16-21,23-24,26-30H2,1-6H3,(H,60,69)(H,61,70)(H,62,71)(H,64,79)(H,65,81)(H,72,73)(H,74,75)(H,76,77);3-6,17,21-22,34H,2,7-16H2,1H3,(H,33,44)(H,37,43)(H,38,45)(H,47,48)(H,49,50)(H3,32,35,39,40,46)/t32?,38-,39-,40-,49?,50?,51+,55-,56+,57?,58-,59-;21-,22-/m00/s1. The number of benzene rings is 3. The fraction of sp³-hybridized carbons (Fsp3) is 0.533. The molecule has 2 bridgehead atoms. The van der Waals surface area contributed by atoms with Crippen LogP contribution in [0.25, 0.3) is 22.1 Å². The van der Waals surface area contributed by atoms with Crippen molar-refractivity contribution in [2.24, 2.45) is 11.3 Å². The number of para-hydroxylation sites is 1. The quantitative estimate of drug-likeness (QED) is 0.00759. The number of nitrogens with zero attached hydrogens (tertiary/aromatic N) is 8. The van der Waals surface area contributed by atoms with Crippen LogP contribution in [0.3, 0.4) is 0 Å². The average molecular weight is 1960 g/mol. The van der Waals surface area contributed by atoms with E-state index in [9.17, 15) is 103 Å². The number of methoxy groups -OCH3 is 2. The number of carboxylic acid groups (broad SMARTS) is 5. The molecular formula is C90H118N20O26S2. The summed E-state index contributed by atoms with van der Waals surface area (Å²) in [5.41, 5.74) is 7.45. The zero-order valence-corrected chi connectivity index (χ0v) is 78.8. The van der Waals surface area contributed by atoms with Crippen molar-refractivity contribution >= 4 is 144 Å². The van der Waals surface area contributed by atoms with E-state index in [1.165, 1.54) is 32.5 Å². The first-order valence-electron chi connectivity index (χ1n) is 45.3. The van der Waals surface area contributed by atoms with Crippen LogP contribution in [0.5, 0.6) is 5.75 Å². The molecule has 0 radical (unpaired) electrons. The van der Waals surface area contributed by atoms with Crippen LogP contribution in [-0.2, 0) is 90.8 Å². The number of piperidine rings is 1. The number of carbonyl (C=O) groups is 14. The summed E-state index contributed by atoms with van der Waals surface area (Å²) in [6, 6.07) is 8.05. The fourth-order valence-corrected chi connectivity index (χ4v) is 22.5. The summed E-state index contributed by atoms with van der Waals surface area (Å²) in [5.74, 6) is -14.3. The summed E-state index contributed by atoms with van der Waals surface area (Å²) in [6.07, 6.45) is 1.73. The van der Waals surface area contributed by atoms with Gasteiger partial charge in [0.2, 0.25) is 35.5 Å². The molecule has 746 valence electrons. The van der Waals surface area contributed by atoms with Crippen molar-refractivity contribution in [1.82, 2.24) is 87.3 Å². The van der Waals surface area contributed by atoms with Gasteiger partial charge in [-0.25, -0.2) is 44.2 Å². The van der Waals surface area contributed by atoms with Crippen molar-refractivity contribution in [3.8, 4) is 5.75 Å². The van der Waals surface area contributed by atoms with Gasteiger partial charge < -0.3 is 113 Å². The molecule has 6 aliphatic heterocycles. The number of aliphatic hydroxyl groups is 3. The number of amides is 8. The predicted octanol–water partition coefficient (Wildman–Crippen LogP) is -0.522. The highest BCUT2D eigenvalue weighted by Crippen LogP contribution is 2.68. The number of hydrazine groups is 1. The van der Waals surface area contributed by atoms with Crippen LogP contribution in [0.2, 0.25) is 0 Å². The molecule has 1 spiro atoms. The summed E-state index contributed by atoms with van der Waals surface area (Å²) in [5, 5.41) is 104. The lowest BCUT2D eigenvalue weighted by Crippen LogP contribution is -2.82. The van der Waals surface area contributed by atoms with Crippen molar-refractivity contribution < 1.29 is 122 Å². The van der Waals surface area contributed by atoms with Crippen molar-refractivity contribution in [3.05, 3.63) is 123 Å². The van der Waals surface area contributed by atoms with Gasteiger partial charge in [-0.3, -0.25) is 68.3 Å². The van der Waals surface area contributed by atoms with Gasteiger partial charge in [-0.2, -0.15) is 4.98 Å². The third-order valence-electron chi connectivity index (χ3n) is 27.0. The summed E-state index contributed by atoms with van der Waals surface area (Å²) in [4.78, 5) is 218. The maximum Gasteiger partial charge on any atom is 0.426 e. The topological polar surface area (TPSA) is 666 Å². The van der Waals surface area contributed by atoms with Gasteiger partial charge in [-0.05, 0) is 111 Å². The molecule has 46 nitrogen and oxygen atoms in total. The molecule has 6 aromatic rings. The molecule has 13 rings (SSSR count). The number of likely N-dealkylation sites (N-methyl/N-ethyl adjacent to an activating group) is 2. The molecule has 7 aliphatic rings. The normalized spacial score (nSPS) is 24.1. The molecule has 21 N–H and O–H groups in total. The van der Waals surface area contributed by atoms with Crippen molar-refractivity contribution in [3.63, 3.8) is 0 Å². The van der Waals surface area contributed by atoms with Crippen molar-refractivity contribution in [2.75, 3.05) is 134 Å². The highest BCUT2D eigenvalue weighted by Gasteiger charge is 2.79. The number of ether oxygens (including phenoxy) is 3. The van der Waals surface area contributed by atoms with Crippen LogP contribution >= 0.6 is 21.6 Å². The van der Waals surface area contributed by atoms with Crippen molar-refractivity contribution in [2.45, 2.75) is 175 Å². The van der Waals surface area contributed by atoms with Gasteiger partial charge in [0.25, 0.3) is 17.4 Å². The number of aromatic amines is 2. The van der Waals surface area contributed by atoms with Gasteiger partial charge in [-0.1, -0.05) is 72.7 Å². The minimum atomic E-state index is -2.66. The van der Waals surface area contributed by atoms with E-state index in [-0.39, 0.29) is 72.5 Å². The van der Waals surface area contributed by atoms with Crippen LogP contribution in [0.15, 0.2) is 83.8 Å². The van der Waals surface area contributed by atoms with E-state index in [4.69, 9.17) is 19.9 Å². The van der Waals surface area contributed by atoms with Crippen LogP contribution in [0.4, 0.5) is 22.1 Å². The first-order chi connectivity index (χ1) is 65.7. The second-order valence-corrected chi connectivity index (χ2v) is 38.1. The molecule has 5 unspecified atom stereocenters. The molecule has 4 fully saturated rings. The largest absolute Gasteiger partial charge is 0.496 e. The first-order valence-corrected chi connectivity index (χ1v) is 47.7. The minimum absolute atomic E-state index is 0.0305. The Morgan fingerprint density at radius 2 is 1.36 bits per heavy atom. The highest BCUT2D eigenvalue weighted by molar-refractivity contribution is 8.76. The Kier molecular flexibility index (Phi) is 33.7. The monoisotopic (exact) mass is 1960 g/mol. The number of nitrogen functional groups attached to an aromatic ring is 1. The number of hydrogen-bond acceptors (Lipinski definition) is 33. The van der Waals surface area contributed by atoms with E-state index in [1.807, 2.05) is 73.0 Å². The Labute approximate surface area is 799 Å². The molecule has 3 saturated heterocycles. The van der Waals surface area contributed by atoms with Gasteiger partial charge in [0.15, 0.2) is 16.8 Å². The molecule has 8 amide bonds. The summed E-state index contributed by atoms with van der Waals surface area (Å²) >= 11 is 0. The van der Waals surface area contributed by atoms with Crippen LogP contribution in [-0.4, -0.2) is 346 Å². The summed E-state index contributed by atoms with van der Waals surface area (Å²) in [6.45, 7) is 15.2. The minimum Gasteiger partial charge on any atom is -0.496 e. The smallest absolute Gasteiger partial charge is 0.426 e. The molecule has 138 heavy (non-hydrogen) atoms. The lowest BCUT2D eigenvalue weighted by molar-refractivity contribution is -0.204. The fourth-order valence-electron chi connectivity index (χ4n) is 20.5. The van der Waals surface area contributed by atoms with Crippen LogP contribution in [0.1, 0.15) is 130 Å². The van der Waals surface area contributed by atoms with Gasteiger partial charge >= 0.3 is 41.9 Å². The number of carbonyl (C=O) groups excluding carboxylic acids is 9. The van der Waals surface area contributed by atoms with Gasteiger partial charge in [0, 0.05) is 159 Å². The molecule has 9 heterocycles. The third-order valence-corrected chi connectivity index (χ3v) is 29.4. The Balaban J connectivity index is 0.000000289. The number of H-pyrrole nitrogens is 2. The first kappa shape index (κ1) is 104. The van der Waals surface area contributed by atoms with E-state index < -0.39 is 190 Å².